The number of hydrogen-bond acceptors (Lipinski definition) is 4. The Morgan fingerprint density at radius 3 is 2.57 bits per heavy atom. The summed E-state index contributed by atoms with van der Waals surface area (Å²) in [5.74, 6) is 0.0627. The van der Waals surface area contributed by atoms with Gasteiger partial charge in [0.25, 0.3) is 5.91 Å². The lowest BCUT2D eigenvalue weighted by Gasteiger charge is -2.21. The first-order valence-corrected chi connectivity index (χ1v) is 8.63. The van der Waals surface area contributed by atoms with Crippen molar-refractivity contribution in [2.75, 3.05) is 28.7 Å². The Morgan fingerprint density at radius 1 is 1.11 bits per heavy atom. The van der Waals surface area contributed by atoms with Crippen LogP contribution in [0.4, 0.5) is 30.2 Å². The highest BCUT2D eigenvalue weighted by Gasteiger charge is 2.34. The number of anilines is 3. The third-order valence-corrected chi connectivity index (χ3v) is 4.67. The Labute approximate surface area is 158 Å². The Hall–Kier alpha value is -3.23. The Kier molecular flexibility index (Phi) is 4.37. The number of nitrogens with zero attached hydrogens (tertiary/aromatic N) is 1. The molecule has 2 aromatic rings. The number of ether oxygens (including phenoxy) is 1. The van der Waals surface area contributed by atoms with Gasteiger partial charge in [-0.3, -0.25) is 9.59 Å². The van der Waals surface area contributed by atoms with Gasteiger partial charge in [0, 0.05) is 24.0 Å². The summed E-state index contributed by atoms with van der Waals surface area (Å²) in [7, 11) is 0. The first-order valence-electron chi connectivity index (χ1n) is 8.63. The molecule has 0 bridgehead atoms. The van der Waals surface area contributed by atoms with Gasteiger partial charge in [-0.1, -0.05) is 0 Å². The van der Waals surface area contributed by atoms with Crippen LogP contribution in [0, 0.1) is 0 Å². The predicted molar refractivity (Wildman–Crippen MR) is 96.4 cm³/mol. The summed E-state index contributed by atoms with van der Waals surface area (Å²) < 4.78 is 43.4. The highest BCUT2D eigenvalue weighted by atomic mass is 19.4. The van der Waals surface area contributed by atoms with E-state index in [0.29, 0.717) is 35.8 Å². The monoisotopic (exact) mass is 391 g/mol. The molecule has 2 aromatic carbocycles. The average molecular weight is 391 g/mol. The average Bonchev–Trinajstić information content (AvgIpc) is 3.02. The standard InChI is InChI=1S/C19H16F3N3O3/c20-19(21,22)11-1-4-13(5-2-11)25-8-7-15(18(25)27)23-12-3-6-14-16(9-12)28-10-17(26)24-14/h1-6,9,15,23H,7-8,10H2,(H,24,26). The van der Waals surface area contributed by atoms with Gasteiger partial charge < -0.3 is 20.3 Å². The van der Waals surface area contributed by atoms with Crippen molar-refractivity contribution >= 4 is 28.9 Å². The molecule has 6 nitrogen and oxygen atoms in total. The van der Waals surface area contributed by atoms with Crippen LogP contribution in [0.15, 0.2) is 42.5 Å². The summed E-state index contributed by atoms with van der Waals surface area (Å²) in [6.07, 6.45) is -3.90. The molecule has 146 valence electrons. The quantitative estimate of drug-likeness (QED) is 0.843. The van der Waals surface area contributed by atoms with E-state index in [4.69, 9.17) is 4.74 Å². The van der Waals surface area contributed by atoms with Crippen LogP contribution in [0.25, 0.3) is 0 Å². The van der Waals surface area contributed by atoms with Crippen LogP contribution in [0.2, 0.25) is 0 Å². The molecule has 2 aliphatic rings. The van der Waals surface area contributed by atoms with E-state index in [2.05, 4.69) is 10.6 Å². The minimum absolute atomic E-state index is 0.0689. The molecule has 2 aliphatic heterocycles. The Balaban J connectivity index is 1.45. The summed E-state index contributed by atoms with van der Waals surface area (Å²) in [4.78, 5) is 25.5. The topological polar surface area (TPSA) is 70.7 Å². The van der Waals surface area contributed by atoms with Crippen molar-refractivity contribution in [1.82, 2.24) is 0 Å². The maximum Gasteiger partial charge on any atom is 0.416 e. The first kappa shape index (κ1) is 18.1. The zero-order chi connectivity index (χ0) is 19.9. The minimum Gasteiger partial charge on any atom is -0.482 e. The normalized spacial score (nSPS) is 19.1. The van der Waals surface area contributed by atoms with Gasteiger partial charge in [-0.05, 0) is 42.8 Å². The van der Waals surface area contributed by atoms with Crippen LogP contribution >= 0.6 is 0 Å². The van der Waals surface area contributed by atoms with Crippen molar-refractivity contribution in [3.05, 3.63) is 48.0 Å². The van der Waals surface area contributed by atoms with Crippen molar-refractivity contribution in [1.29, 1.82) is 0 Å². The fraction of sp³-hybridized carbons (Fsp3) is 0.263. The van der Waals surface area contributed by atoms with E-state index in [1.165, 1.54) is 17.0 Å². The van der Waals surface area contributed by atoms with E-state index >= 15 is 0 Å². The van der Waals surface area contributed by atoms with Gasteiger partial charge in [0.2, 0.25) is 5.91 Å². The van der Waals surface area contributed by atoms with Crippen molar-refractivity contribution in [2.24, 2.45) is 0 Å². The number of nitrogens with one attached hydrogen (secondary N) is 2. The highest BCUT2D eigenvalue weighted by molar-refractivity contribution is 6.01. The molecule has 28 heavy (non-hydrogen) atoms. The summed E-state index contributed by atoms with van der Waals surface area (Å²) >= 11 is 0. The molecule has 0 aromatic heterocycles. The number of alkyl halides is 3. The maximum absolute atomic E-state index is 12.7. The third kappa shape index (κ3) is 3.47. The summed E-state index contributed by atoms with van der Waals surface area (Å²) in [5, 5.41) is 5.81. The van der Waals surface area contributed by atoms with Crippen molar-refractivity contribution in [3.63, 3.8) is 0 Å². The molecule has 1 atom stereocenters. The number of carbonyl (C=O) groups is 2. The molecule has 0 spiro atoms. The fourth-order valence-corrected chi connectivity index (χ4v) is 3.27. The fourth-order valence-electron chi connectivity index (χ4n) is 3.27. The van der Waals surface area contributed by atoms with E-state index in [1.807, 2.05) is 0 Å². The van der Waals surface area contributed by atoms with Gasteiger partial charge in [0.1, 0.15) is 11.8 Å². The van der Waals surface area contributed by atoms with Gasteiger partial charge in [0.15, 0.2) is 6.61 Å². The van der Waals surface area contributed by atoms with Crippen LogP contribution in [0.3, 0.4) is 0 Å². The number of amides is 2. The Bertz CT molecular complexity index is 928. The molecule has 2 amide bonds. The second-order valence-electron chi connectivity index (χ2n) is 6.57. The third-order valence-electron chi connectivity index (χ3n) is 4.67. The number of hydrogen-bond donors (Lipinski definition) is 2. The van der Waals surface area contributed by atoms with Gasteiger partial charge in [-0.2, -0.15) is 13.2 Å². The van der Waals surface area contributed by atoms with Crippen LogP contribution in [0.5, 0.6) is 5.75 Å². The van der Waals surface area contributed by atoms with E-state index < -0.39 is 17.8 Å². The van der Waals surface area contributed by atoms with Crippen LogP contribution in [-0.4, -0.2) is 31.0 Å². The molecule has 0 radical (unpaired) electrons. The largest absolute Gasteiger partial charge is 0.482 e. The molecule has 1 saturated heterocycles. The molecule has 2 N–H and O–H groups in total. The molecule has 1 unspecified atom stereocenters. The van der Waals surface area contributed by atoms with Gasteiger partial charge in [-0.25, -0.2) is 0 Å². The first-order chi connectivity index (χ1) is 13.3. The van der Waals surface area contributed by atoms with Crippen molar-refractivity contribution < 1.29 is 27.5 Å². The molecule has 0 saturated carbocycles. The predicted octanol–water partition coefficient (Wildman–Crippen LogP) is 3.25. The maximum atomic E-state index is 12.7. The number of carbonyl (C=O) groups excluding carboxylic acids is 2. The van der Waals surface area contributed by atoms with Gasteiger partial charge in [0.05, 0.1) is 11.3 Å². The van der Waals surface area contributed by atoms with Crippen LogP contribution in [0.1, 0.15) is 12.0 Å². The molecule has 2 heterocycles. The number of rotatable bonds is 3. The van der Waals surface area contributed by atoms with Crippen molar-refractivity contribution in [2.45, 2.75) is 18.6 Å². The lowest BCUT2D eigenvalue weighted by atomic mass is 10.2. The number of halogens is 3. The second-order valence-corrected chi connectivity index (χ2v) is 6.57. The summed E-state index contributed by atoms with van der Waals surface area (Å²) in [5.41, 5.74) is 0.894. The number of benzene rings is 2. The van der Waals surface area contributed by atoms with Crippen molar-refractivity contribution in [3.8, 4) is 5.75 Å². The number of fused-ring (bicyclic) bond motifs is 1. The second kappa shape index (κ2) is 6.74. The lowest BCUT2D eigenvalue weighted by molar-refractivity contribution is -0.137. The SMILES string of the molecule is O=C1COc2cc(NC3CCN(c4ccc(C(F)(F)F)cc4)C3=O)ccc2N1. The molecule has 4 rings (SSSR count). The molecular weight excluding hydrogens is 375 g/mol. The van der Waals surface area contributed by atoms with E-state index in [9.17, 15) is 22.8 Å². The van der Waals surface area contributed by atoms with Gasteiger partial charge >= 0.3 is 6.18 Å². The highest BCUT2D eigenvalue weighted by Crippen LogP contribution is 2.33. The summed E-state index contributed by atoms with van der Waals surface area (Å²) in [6, 6.07) is 9.15. The van der Waals surface area contributed by atoms with E-state index in [1.54, 1.807) is 18.2 Å². The zero-order valence-corrected chi connectivity index (χ0v) is 14.5. The van der Waals surface area contributed by atoms with Gasteiger partial charge in [-0.15, -0.1) is 0 Å². The van der Waals surface area contributed by atoms with Crippen LogP contribution < -0.4 is 20.3 Å². The molecule has 1 fully saturated rings. The minimum atomic E-state index is -4.41. The van der Waals surface area contributed by atoms with E-state index in [-0.39, 0.29) is 18.4 Å². The van der Waals surface area contributed by atoms with E-state index in [0.717, 1.165) is 12.1 Å². The zero-order valence-electron chi connectivity index (χ0n) is 14.5. The van der Waals surface area contributed by atoms with Crippen LogP contribution in [-0.2, 0) is 15.8 Å². The lowest BCUT2D eigenvalue weighted by Crippen LogP contribution is -2.33. The Morgan fingerprint density at radius 2 is 1.86 bits per heavy atom. The summed E-state index contributed by atoms with van der Waals surface area (Å²) in [6.45, 7) is 0.333. The molecular formula is C19H16F3N3O3. The molecule has 9 heteroatoms. The smallest absolute Gasteiger partial charge is 0.416 e. The molecule has 0 aliphatic carbocycles.